The highest BCUT2D eigenvalue weighted by atomic mass is 35.5. The van der Waals surface area contributed by atoms with Gasteiger partial charge in [-0.25, -0.2) is 0 Å². The highest BCUT2D eigenvalue weighted by molar-refractivity contribution is 6.36. The lowest BCUT2D eigenvalue weighted by molar-refractivity contribution is -0.138. The number of fused-ring (bicyclic) bond motifs is 4. The van der Waals surface area contributed by atoms with Crippen LogP contribution in [0.3, 0.4) is 0 Å². The molecule has 52 heavy (non-hydrogen) atoms. The summed E-state index contributed by atoms with van der Waals surface area (Å²) in [6, 6.07) is 26.2. The van der Waals surface area contributed by atoms with Gasteiger partial charge in [0.25, 0.3) is 11.8 Å². The summed E-state index contributed by atoms with van der Waals surface area (Å²) in [5, 5.41) is 15.9. The molecule has 4 aliphatic rings. The molecule has 4 amide bonds. The average molecular weight is 739 g/mol. The van der Waals surface area contributed by atoms with E-state index in [9.17, 15) is 19.5 Å². The van der Waals surface area contributed by atoms with Gasteiger partial charge >= 0.3 is 0 Å². The van der Waals surface area contributed by atoms with Crippen molar-refractivity contribution < 1.29 is 33.8 Å². The number of halogens is 2. The fourth-order valence-electron chi connectivity index (χ4n) is 8.70. The number of hydrogen-bond donors (Lipinski definition) is 3. The van der Waals surface area contributed by atoms with E-state index in [1.165, 1.54) is 19.2 Å². The molecule has 2 aliphatic carbocycles. The SMILES string of the molecule is COc1ccc([C@@]23C(=O)N(Nc4ccc(Cl)cc4Cl)C(=O)[C@@H]2C[C@@H]2C(=CC[C@@H]4C(=O)NC(=O)[C@@H]42)[C@@H]3c2ccc(OCc3ccccc3)cc2O)cc1. The second kappa shape index (κ2) is 13.0. The molecule has 0 bridgehead atoms. The third-order valence-corrected chi connectivity index (χ3v) is 11.5. The first-order valence-electron chi connectivity index (χ1n) is 16.9. The second-order valence-corrected chi connectivity index (χ2v) is 14.4. The molecule has 1 saturated carbocycles. The van der Waals surface area contributed by atoms with Crippen LogP contribution in [0.4, 0.5) is 5.69 Å². The Morgan fingerprint density at radius 3 is 2.37 bits per heavy atom. The van der Waals surface area contributed by atoms with E-state index in [0.29, 0.717) is 33.2 Å². The summed E-state index contributed by atoms with van der Waals surface area (Å²) in [6.45, 7) is 0.265. The number of aromatic hydroxyl groups is 1. The van der Waals surface area contributed by atoms with Crippen LogP contribution in [0.5, 0.6) is 17.2 Å². The van der Waals surface area contributed by atoms with E-state index in [2.05, 4.69) is 10.7 Å². The van der Waals surface area contributed by atoms with Crippen molar-refractivity contribution in [1.29, 1.82) is 0 Å². The largest absolute Gasteiger partial charge is 0.508 e. The van der Waals surface area contributed by atoms with Crippen molar-refractivity contribution in [2.75, 3.05) is 12.5 Å². The maximum atomic E-state index is 15.3. The maximum Gasteiger partial charge on any atom is 0.260 e. The number of carbonyl (C=O) groups is 4. The van der Waals surface area contributed by atoms with Gasteiger partial charge in [-0.15, -0.1) is 0 Å². The number of nitrogens with one attached hydrogen (secondary N) is 2. The van der Waals surface area contributed by atoms with Crippen molar-refractivity contribution in [3.05, 3.63) is 129 Å². The number of amides is 4. The highest BCUT2D eigenvalue weighted by Gasteiger charge is 2.70. The molecular weight excluding hydrogens is 705 g/mol. The zero-order valence-electron chi connectivity index (χ0n) is 27.8. The monoisotopic (exact) mass is 737 g/mol. The van der Waals surface area contributed by atoms with Gasteiger partial charge in [-0.05, 0) is 66.3 Å². The van der Waals surface area contributed by atoms with Crippen LogP contribution in [-0.2, 0) is 31.2 Å². The fraction of sp³-hybridized carbons (Fsp3) is 0.250. The number of nitrogens with zero attached hydrogens (tertiary/aromatic N) is 1. The first kappa shape index (κ1) is 33.8. The molecule has 10 nitrogen and oxygen atoms in total. The van der Waals surface area contributed by atoms with Crippen molar-refractivity contribution in [3.8, 4) is 17.2 Å². The fourth-order valence-corrected chi connectivity index (χ4v) is 9.15. The third kappa shape index (κ3) is 5.31. The topological polar surface area (TPSA) is 134 Å². The Morgan fingerprint density at radius 2 is 1.65 bits per heavy atom. The minimum absolute atomic E-state index is 0.104. The summed E-state index contributed by atoms with van der Waals surface area (Å²) >= 11 is 12.7. The van der Waals surface area contributed by atoms with Gasteiger partial charge in [0, 0.05) is 22.6 Å². The molecule has 2 saturated heterocycles. The van der Waals surface area contributed by atoms with E-state index in [0.717, 1.165) is 10.6 Å². The molecule has 0 spiro atoms. The van der Waals surface area contributed by atoms with Crippen molar-refractivity contribution in [2.45, 2.75) is 30.8 Å². The average Bonchev–Trinajstić information content (AvgIpc) is 3.56. The van der Waals surface area contributed by atoms with Gasteiger partial charge < -0.3 is 14.6 Å². The number of rotatable bonds is 8. The number of hydrazine groups is 1. The minimum Gasteiger partial charge on any atom is -0.508 e. The predicted molar refractivity (Wildman–Crippen MR) is 193 cm³/mol. The molecular formula is C40H33Cl2N3O7. The third-order valence-electron chi connectivity index (χ3n) is 11.0. The lowest BCUT2D eigenvalue weighted by Gasteiger charge is -2.50. The van der Waals surface area contributed by atoms with E-state index in [4.69, 9.17) is 32.7 Å². The highest BCUT2D eigenvalue weighted by Crippen LogP contribution is 2.64. The molecule has 3 N–H and O–H groups in total. The van der Waals surface area contributed by atoms with E-state index < -0.39 is 52.7 Å². The molecule has 12 heteroatoms. The molecule has 4 aromatic carbocycles. The molecule has 0 unspecified atom stereocenters. The van der Waals surface area contributed by atoms with Gasteiger partial charge in [0.2, 0.25) is 11.8 Å². The number of imide groups is 2. The van der Waals surface area contributed by atoms with Crippen LogP contribution in [0.1, 0.15) is 35.4 Å². The lowest BCUT2D eigenvalue weighted by atomic mass is 9.49. The number of phenolic OH excluding ortho intramolecular Hbond substituents is 1. The predicted octanol–water partition coefficient (Wildman–Crippen LogP) is 6.56. The number of ether oxygens (including phenoxy) is 2. The summed E-state index contributed by atoms with van der Waals surface area (Å²) in [7, 11) is 1.53. The molecule has 0 radical (unpaired) electrons. The summed E-state index contributed by atoms with van der Waals surface area (Å²) in [5.74, 6) is -4.93. The van der Waals surface area contributed by atoms with Crippen LogP contribution < -0.4 is 20.2 Å². The van der Waals surface area contributed by atoms with Crippen molar-refractivity contribution in [2.24, 2.45) is 23.7 Å². The van der Waals surface area contributed by atoms with Crippen LogP contribution in [0.25, 0.3) is 0 Å². The van der Waals surface area contributed by atoms with Crippen LogP contribution in [0.15, 0.2) is 103 Å². The summed E-state index contributed by atoms with van der Waals surface area (Å²) in [6.07, 6.45) is 2.28. The number of phenols is 1. The number of carbonyl (C=O) groups excluding carboxylic acids is 4. The Balaban J connectivity index is 1.31. The Hall–Kier alpha value is -5.32. The van der Waals surface area contributed by atoms with Crippen LogP contribution in [-0.4, -0.2) is 40.9 Å². The van der Waals surface area contributed by atoms with Gasteiger partial charge in [0.1, 0.15) is 23.9 Å². The number of allylic oxidation sites excluding steroid dienone is 2. The first-order chi connectivity index (χ1) is 25.1. The minimum atomic E-state index is -1.60. The van der Waals surface area contributed by atoms with Gasteiger partial charge in [-0.1, -0.05) is 83.4 Å². The maximum absolute atomic E-state index is 15.3. The molecule has 4 aromatic rings. The zero-order valence-corrected chi connectivity index (χ0v) is 29.4. The molecule has 0 aromatic heterocycles. The van der Waals surface area contributed by atoms with Gasteiger partial charge in [-0.2, -0.15) is 5.01 Å². The normalized spacial score (nSPS) is 26.2. The smallest absolute Gasteiger partial charge is 0.260 e. The summed E-state index contributed by atoms with van der Waals surface area (Å²) in [5.41, 5.74) is 4.19. The number of methoxy groups -OCH3 is 1. The summed E-state index contributed by atoms with van der Waals surface area (Å²) < 4.78 is 11.5. The van der Waals surface area contributed by atoms with Crippen molar-refractivity contribution >= 4 is 52.5 Å². The zero-order chi connectivity index (χ0) is 36.3. The van der Waals surface area contributed by atoms with Gasteiger partial charge in [0.15, 0.2) is 0 Å². The Kier molecular flexibility index (Phi) is 8.47. The molecule has 264 valence electrons. The van der Waals surface area contributed by atoms with Crippen LogP contribution in [0, 0.1) is 23.7 Å². The molecule has 2 heterocycles. The van der Waals surface area contributed by atoms with Gasteiger partial charge in [-0.3, -0.25) is 29.9 Å². The van der Waals surface area contributed by atoms with E-state index in [-0.39, 0.29) is 41.8 Å². The van der Waals surface area contributed by atoms with E-state index in [1.807, 2.05) is 36.4 Å². The number of anilines is 1. The Bertz CT molecular complexity index is 2160. The number of hydrogen-bond acceptors (Lipinski definition) is 8. The molecule has 2 aliphatic heterocycles. The second-order valence-electron chi connectivity index (χ2n) is 13.6. The van der Waals surface area contributed by atoms with E-state index in [1.54, 1.807) is 48.5 Å². The molecule has 6 atom stereocenters. The molecule has 3 fully saturated rings. The van der Waals surface area contributed by atoms with Crippen LogP contribution in [0.2, 0.25) is 10.0 Å². The van der Waals surface area contributed by atoms with E-state index >= 15 is 4.79 Å². The standard InChI is InChI=1S/C40H33Cl2N3O7/c1-51-24-10-7-22(8-11-24)40-30(38(49)45(39(40)50)44-32-16-9-23(41)17-31(32)42)19-29-26(14-15-28-34(29)37(48)43-36(28)47)35(40)27-13-12-25(18-33(27)46)52-20-21-5-3-2-4-6-21/h2-14,16-18,28-30,34-35,44,46H,15,19-20H2,1H3,(H,43,47,48)/t28-,29+,30-,34-,35+,40+/m0/s1. The Morgan fingerprint density at radius 1 is 0.904 bits per heavy atom. The number of benzene rings is 4. The quantitative estimate of drug-likeness (QED) is 0.137. The van der Waals surface area contributed by atoms with Crippen molar-refractivity contribution in [3.63, 3.8) is 0 Å². The summed E-state index contributed by atoms with van der Waals surface area (Å²) in [4.78, 5) is 56.4. The molecule has 8 rings (SSSR count). The lowest BCUT2D eigenvalue weighted by Crippen LogP contribution is -2.53. The van der Waals surface area contributed by atoms with Crippen LogP contribution >= 0.6 is 23.2 Å². The van der Waals surface area contributed by atoms with Gasteiger partial charge in [0.05, 0.1) is 41.0 Å². The Labute approximate surface area is 309 Å². The van der Waals surface area contributed by atoms with Crippen molar-refractivity contribution in [1.82, 2.24) is 10.3 Å². The first-order valence-corrected chi connectivity index (χ1v) is 17.7.